The van der Waals surface area contributed by atoms with E-state index < -0.39 is 82.9 Å². The number of carbonyl (C=O) groups excluding carboxylic acids is 3. The minimum absolute atomic E-state index is 0.0375. The van der Waals surface area contributed by atoms with Crippen molar-refractivity contribution in [1.82, 2.24) is 4.90 Å². The van der Waals surface area contributed by atoms with Crippen LogP contribution in [0.25, 0.3) is 10.8 Å². The summed E-state index contributed by atoms with van der Waals surface area (Å²) in [4.78, 5) is 53.5. The number of piperidine rings is 1. The molecular weight excluding hydrogens is 773 g/mol. The van der Waals surface area contributed by atoms with Gasteiger partial charge < -0.3 is 49.6 Å². The molecular formula is C45H60N4O11. The third-order valence-electron chi connectivity index (χ3n) is 12.8. The molecule has 9 atom stereocenters. The van der Waals surface area contributed by atoms with Crippen LogP contribution in [-0.2, 0) is 23.8 Å². The van der Waals surface area contributed by atoms with E-state index in [1.54, 1.807) is 65.8 Å². The number of aliphatic hydroxyl groups is 2. The van der Waals surface area contributed by atoms with Crippen LogP contribution in [0, 0.1) is 30.6 Å². The van der Waals surface area contributed by atoms with E-state index in [1.807, 2.05) is 0 Å². The van der Waals surface area contributed by atoms with Crippen LogP contribution in [0.5, 0.6) is 17.2 Å². The number of allylic oxidation sites excluding steroid dienone is 2. The van der Waals surface area contributed by atoms with E-state index in [2.05, 4.69) is 17.1 Å². The van der Waals surface area contributed by atoms with Gasteiger partial charge in [-0.1, -0.05) is 52.8 Å². The molecule has 15 nitrogen and oxygen atoms in total. The van der Waals surface area contributed by atoms with Crippen LogP contribution in [0.4, 0.5) is 5.69 Å². The van der Waals surface area contributed by atoms with Gasteiger partial charge in [-0.2, -0.15) is 0 Å². The van der Waals surface area contributed by atoms with E-state index in [9.17, 15) is 34.8 Å². The number of aromatic hydroxyl groups is 2. The summed E-state index contributed by atoms with van der Waals surface area (Å²) in [6.45, 7) is 17.3. The summed E-state index contributed by atoms with van der Waals surface area (Å²) in [6, 6.07) is 0. The maximum absolute atomic E-state index is 14.7. The highest BCUT2D eigenvalue weighted by Gasteiger charge is 2.50. The lowest BCUT2D eigenvalue weighted by Crippen LogP contribution is -2.46. The molecule has 1 fully saturated rings. The Kier molecular flexibility index (Phi) is 12.9. The van der Waals surface area contributed by atoms with Gasteiger partial charge >= 0.3 is 11.8 Å². The third kappa shape index (κ3) is 8.04. The number of anilines is 1. The predicted octanol–water partition coefficient (Wildman–Crippen LogP) is 4.50. The van der Waals surface area contributed by atoms with Gasteiger partial charge in [0.15, 0.2) is 11.4 Å². The molecule has 0 radical (unpaired) electrons. The Morgan fingerprint density at radius 2 is 1.63 bits per heavy atom. The molecule has 60 heavy (non-hydrogen) atoms. The van der Waals surface area contributed by atoms with Crippen LogP contribution < -0.4 is 20.8 Å². The van der Waals surface area contributed by atoms with E-state index in [0.29, 0.717) is 25.9 Å². The normalized spacial score (nSPS) is 31.0. The SMILES string of the molecule is CCCN1CCC2(CC1)N=c1c3c(O)c4c(O)c(C)c5c(c4c1=N2)C(=O)C(C)(OC=CC(OC)C(C)C(OC(C)=O)C(C)C(O)C(C)C(O)C(C)C=CC=C(C)C(=O)N3)O5. The van der Waals surface area contributed by atoms with Gasteiger partial charge in [0.1, 0.15) is 28.6 Å². The van der Waals surface area contributed by atoms with E-state index in [1.165, 1.54) is 27.2 Å². The second-order valence-electron chi connectivity index (χ2n) is 17.1. The summed E-state index contributed by atoms with van der Waals surface area (Å²) >= 11 is 0. The number of hydrogen-bond acceptors (Lipinski definition) is 14. The summed E-state index contributed by atoms with van der Waals surface area (Å²) in [5, 5.41) is 50.1. The maximum Gasteiger partial charge on any atom is 0.312 e. The van der Waals surface area contributed by atoms with Gasteiger partial charge in [0.25, 0.3) is 11.7 Å². The Morgan fingerprint density at radius 3 is 2.27 bits per heavy atom. The molecule has 0 saturated carbocycles. The molecule has 326 valence electrons. The molecule has 2 aromatic rings. The number of methoxy groups -OCH3 is 1. The number of ether oxygens (including phenoxy) is 4. The molecule has 1 saturated heterocycles. The highest BCUT2D eigenvalue weighted by atomic mass is 16.7. The third-order valence-corrected chi connectivity index (χ3v) is 12.8. The number of likely N-dealkylation sites (tertiary alicyclic amines) is 1. The fourth-order valence-electron chi connectivity index (χ4n) is 9.04. The first-order valence-corrected chi connectivity index (χ1v) is 20.9. The Morgan fingerprint density at radius 1 is 0.967 bits per heavy atom. The molecule has 5 N–H and O–H groups in total. The molecule has 0 aliphatic carbocycles. The van der Waals surface area contributed by atoms with E-state index in [4.69, 9.17) is 28.9 Å². The number of carbonyl (C=O) groups is 3. The van der Waals surface area contributed by atoms with Gasteiger partial charge in [0, 0.05) is 87.1 Å². The van der Waals surface area contributed by atoms with Crippen molar-refractivity contribution in [2.24, 2.45) is 33.7 Å². The smallest absolute Gasteiger partial charge is 0.312 e. The summed E-state index contributed by atoms with van der Waals surface area (Å²) < 4.78 is 24.0. The average Bonchev–Trinajstić information content (AvgIpc) is 3.71. The number of aliphatic hydroxyl groups excluding tert-OH is 2. The number of hydrogen-bond donors (Lipinski definition) is 5. The van der Waals surface area contributed by atoms with Gasteiger partial charge in [-0.15, -0.1) is 0 Å². The number of ketones is 1. The maximum atomic E-state index is 14.7. The van der Waals surface area contributed by atoms with Crippen molar-refractivity contribution in [2.75, 3.05) is 32.1 Å². The zero-order valence-electron chi connectivity index (χ0n) is 36.2. The first-order chi connectivity index (χ1) is 28.3. The van der Waals surface area contributed by atoms with Crippen molar-refractivity contribution in [3.05, 3.63) is 58.0 Å². The van der Waals surface area contributed by atoms with Gasteiger partial charge in [0.2, 0.25) is 0 Å². The van der Waals surface area contributed by atoms with Crippen LogP contribution in [0.2, 0.25) is 0 Å². The number of rotatable bonds is 4. The van der Waals surface area contributed by atoms with E-state index in [-0.39, 0.29) is 55.4 Å². The second-order valence-corrected chi connectivity index (χ2v) is 17.1. The van der Waals surface area contributed by atoms with Gasteiger partial charge in [-0.25, -0.2) is 0 Å². The molecule has 4 heterocycles. The molecule has 1 amide bonds. The van der Waals surface area contributed by atoms with Crippen molar-refractivity contribution < 1.29 is 53.8 Å². The highest BCUT2D eigenvalue weighted by Crippen LogP contribution is 2.50. The molecule has 15 heteroatoms. The zero-order chi connectivity index (χ0) is 44.0. The minimum atomic E-state index is -1.95. The monoisotopic (exact) mass is 832 g/mol. The lowest BCUT2D eigenvalue weighted by Gasteiger charge is -2.38. The number of phenolic OH excluding ortho intramolecular Hbond substituents is 2. The number of benzene rings is 2. The van der Waals surface area contributed by atoms with Crippen LogP contribution in [0.1, 0.15) is 90.6 Å². The second kappa shape index (κ2) is 17.3. The number of nitrogens with one attached hydrogen (secondary N) is 1. The number of nitrogens with zero attached hydrogens (tertiary/aromatic N) is 3. The van der Waals surface area contributed by atoms with Gasteiger partial charge in [-0.3, -0.25) is 24.4 Å². The van der Waals surface area contributed by atoms with Crippen molar-refractivity contribution >= 4 is 34.1 Å². The lowest BCUT2D eigenvalue weighted by atomic mass is 9.78. The molecule has 4 aliphatic heterocycles. The highest BCUT2D eigenvalue weighted by molar-refractivity contribution is 6.19. The summed E-state index contributed by atoms with van der Waals surface area (Å²) in [5.41, 5.74) is -0.557. The fraction of sp³-hybridized carbons (Fsp3) is 0.578. The number of esters is 1. The van der Waals surface area contributed by atoms with Crippen LogP contribution >= 0.6 is 0 Å². The van der Waals surface area contributed by atoms with Crippen molar-refractivity contribution in [3.63, 3.8) is 0 Å². The molecule has 1 spiro atoms. The first kappa shape index (κ1) is 44.7. The zero-order valence-corrected chi connectivity index (χ0v) is 36.2. The number of phenols is 2. The molecule has 6 rings (SSSR count). The standard InChI is InChI=1S/C45H60N4O11/c1-11-18-49-19-16-45(17-20-49)47-33-30-31-38(53)27(7)41-32(30)42(55)44(9,60-41)58-21-15-29(57-10)24(4)40(59-28(8)50)26(6)37(52)25(5)36(51)22(2)13-12-14-23(3)43(56)46-35(39(31)54)34(33)48-45/h12-15,21-22,24-26,29,36-37,40,51-54H,11,16-20H2,1-10H3,(H,46,56). The molecule has 0 aromatic heterocycles. The van der Waals surface area contributed by atoms with Crippen LogP contribution in [0.15, 0.2) is 46.1 Å². The summed E-state index contributed by atoms with van der Waals surface area (Å²) in [6.07, 6.45) is 6.04. The minimum Gasteiger partial charge on any atom is -0.507 e. The average molecular weight is 833 g/mol. The lowest BCUT2D eigenvalue weighted by molar-refractivity contribution is -0.160. The largest absolute Gasteiger partial charge is 0.507 e. The molecule has 9 unspecified atom stereocenters. The van der Waals surface area contributed by atoms with Gasteiger partial charge in [0.05, 0.1) is 40.9 Å². The fourth-order valence-corrected chi connectivity index (χ4v) is 9.04. The van der Waals surface area contributed by atoms with Crippen molar-refractivity contribution in [1.29, 1.82) is 0 Å². The van der Waals surface area contributed by atoms with Crippen LogP contribution in [-0.4, -0.2) is 106 Å². The Hall–Kier alpha value is -4.83. The Bertz CT molecular complexity index is 2260. The molecule has 4 aliphatic rings. The topological polar surface area (TPSA) is 209 Å². The van der Waals surface area contributed by atoms with Gasteiger partial charge in [-0.05, 0) is 32.9 Å². The summed E-state index contributed by atoms with van der Waals surface area (Å²) in [7, 11) is 1.47. The van der Waals surface area contributed by atoms with Crippen molar-refractivity contribution in [3.8, 4) is 17.2 Å². The molecule has 4 bridgehead atoms. The Labute approximate surface area is 350 Å². The van der Waals surface area contributed by atoms with Crippen molar-refractivity contribution in [2.45, 2.75) is 117 Å². The quantitative estimate of drug-likeness (QED) is 0.213. The van der Waals surface area contributed by atoms with Crippen LogP contribution in [0.3, 0.4) is 0 Å². The molecule has 2 aromatic carbocycles. The number of amides is 1. The van der Waals surface area contributed by atoms with E-state index >= 15 is 0 Å². The first-order valence-electron chi connectivity index (χ1n) is 20.9. The number of fused-ring (bicyclic) bond motifs is 1. The Balaban J connectivity index is 1.54. The van der Waals surface area contributed by atoms with E-state index in [0.717, 1.165) is 13.0 Å². The number of Topliss-reactive ketones (excluding diaryl/α,β-unsaturated/α-hetero) is 1. The predicted molar refractivity (Wildman–Crippen MR) is 223 cm³/mol. The summed E-state index contributed by atoms with van der Waals surface area (Å²) in [5.74, 6) is -6.89.